The lowest BCUT2D eigenvalue weighted by Crippen LogP contribution is -2.20. The summed E-state index contributed by atoms with van der Waals surface area (Å²) in [4.78, 5) is 20.6. The summed E-state index contributed by atoms with van der Waals surface area (Å²) >= 11 is 0. The first kappa shape index (κ1) is 22.0. The third kappa shape index (κ3) is 4.59. The van der Waals surface area contributed by atoms with E-state index >= 15 is 0 Å². The topological polar surface area (TPSA) is 92.2 Å². The van der Waals surface area contributed by atoms with Crippen LogP contribution in [0.4, 0.5) is 0 Å². The number of hydrogen-bond donors (Lipinski definition) is 2. The molecule has 0 spiro atoms. The van der Waals surface area contributed by atoms with Crippen LogP contribution in [0.3, 0.4) is 0 Å². The lowest BCUT2D eigenvalue weighted by molar-refractivity contribution is 0.224. The zero-order chi connectivity index (χ0) is 24.0. The fraction of sp³-hybridized carbons (Fsp3) is 0.429. The Labute approximate surface area is 205 Å². The Balaban J connectivity index is 1.35. The summed E-state index contributed by atoms with van der Waals surface area (Å²) in [7, 11) is 0. The first-order chi connectivity index (χ1) is 16.9. The van der Waals surface area contributed by atoms with Crippen molar-refractivity contribution in [1.29, 1.82) is 0 Å². The quantitative estimate of drug-likeness (QED) is 0.375. The first-order valence-electron chi connectivity index (χ1n) is 12.7. The minimum absolute atomic E-state index is 0.204. The van der Waals surface area contributed by atoms with Crippen molar-refractivity contribution >= 4 is 0 Å². The van der Waals surface area contributed by atoms with Crippen molar-refractivity contribution in [2.45, 2.75) is 64.8 Å². The molecule has 0 radical (unpaired) electrons. The van der Waals surface area contributed by atoms with Gasteiger partial charge in [0.05, 0.1) is 11.3 Å². The maximum atomic E-state index is 13.3. The molecule has 6 rings (SSSR count). The second kappa shape index (κ2) is 8.63. The molecule has 3 aromatic heterocycles. The van der Waals surface area contributed by atoms with Gasteiger partial charge in [-0.2, -0.15) is 10.2 Å². The summed E-state index contributed by atoms with van der Waals surface area (Å²) in [6.07, 6.45) is 11.0. The summed E-state index contributed by atoms with van der Waals surface area (Å²) in [5.41, 5.74) is 5.41. The van der Waals surface area contributed by atoms with Gasteiger partial charge in [0, 0.05) is 24.0 Å². The Morgan fingerprint density at radius 1 is 1.06 bits per heavy atom. The average Bonchev–Trinajstić information content (AvgIpc) is 3.29. The van der Waals surface area contributed by atoms with Gasteiger partial charge < -0.3 is 4.98 Å². The molecule has 7 nitrogen and oxygen atoms in total. The van der Waals surface area contributed by atoms with Crippen molar-refractivity contribution < 1.29 is 0 Å². The Bertz CT molecular complexity index is 1370. The van der Waals surface area contributed by atoms with Crippen LogP contribution in [-0.4, -0.2) is 29.9 Å². The molecule has 7 heteroatoms. The lowest BCUT2D eigenvalue weighted by Gasteiger charge is -2.34. The molecular formula is C28H32N6O. The van der Waals surface area contributed by atoms with E-state index in [1.165, 1.54) is 50.4 Å². The third-order valence-electron chi connectivity index (χ3n) is 7.78. The van der Waals surface area contributed by atoms with Crippen LogP contribution in [0.25, 0.3) is 33.9 Å². The number of H-pyrrole nitrogens is 2. The third-order valence-corrected chi connectivity index (χ3v) is 7.78. The normalized spacial score (nSPS) is 18.1. The van der Waals surface area contributed by atoms with Gasteiger partial charge in [-0.15, -0.1) is 0 Å². The van der Waals surface area contributed by atoms with Gasteiger partial charge >= 0.3 is 0 Å². The number of nitrogens with zero attached hydrogens (tertiary/aromatic N) is 4. The number of aromatic nitrogens is 6. The molecule has 2 fully saturated rings. The van der Waals surface area contributed by atoms with E-state index in [0.29, 0.717) is 22.7 Å². The predicted octanol–water partition coefficient (Wildman–Crippen LogP) is 5.78. The van der Waals surface area contributed by atoms with E-state index in [0.717, 1.165) is 35.0 Å². The molecule has 2 aliphatic rings. The second-order valence-corrected chi connectivity index (χ2v) is 11.1. The van der Waals surface area contributed by atoms with E-state index < -0.39 is 0 Å². The highest BCUT2D eigenvalue weighted by Gasteiger charge is 2.28. The molecule has 0 saturated heterocycles. The SMILES string of the molecule is CC1(C)CCC(c2ccc(-c3cc(-c4ccn(CC5CC5)n4)c(-c4ncn[nH]4)c(=O)[nH]3)cc2)CC1. The summed E-state index contributed by atoms with van der Waals surface area (Å²) in [6.45, 7) is 5.67. The van der Waals surface area contributed by atoms with Crippen LogP contribution in [0.2, 0.25) is 0 Å². The van der Waals surface area contributed by atoms with E-state index in [9.17, 15) is 4.79 Å². The Morgan fingerprint density at radius 3 is 2.51 bits per heavy atom. The Hall–Kier alpha value is -3.48. The predicted molar refractivity (Wildman–Crippen MR) is 137 cm³/mol. The van der Waals surface area contributed by atoms with Crippen LogP contribution in [0, 0.1) is 11.3 Å². The second-order valence-electron chi connectivity index (χ2n) is 11.1. The van der Waals surface area contributed by atoms with Gasteiger partial charge in [-0.3, -0.25) is 14.6 Å². The molecule has 35 heavy (non-hydrogen) atoms. The number of aromatic amines is 2. The molecule has 2 aliphatic carbocycles. The molecular weight excluding hydrogens is 436 g/mol. The van der Waals surface area contributed by atoms with Crippen LogP contribution in [-0.2, 0) is 6.54 Å². The minimum atomic E-state index is -0.204. The smallest absolute Gasteiger partial charge is 0.260 e. The summed E-state index contributed by atoms with van der Waals surface area (Å²) < 4.78 is 1.98. The highest BCUT2D eigenvalue weighted by Crippen LogP contribution is 2.42. The molecule has 4 aromatic rings. The highest BCUT2D eigenvalue weighted by molar-refractivity contribution is 5.81. The largest absolute Gasteiger partial charge is 0.321 e. The number of benzene rings is 1. The molecule has 0 bridgehead atoms. The van der Waals surface area contributed by atoms with Gasteiger partial charge in [-0.05, 0) is 79.0 Å². The van der Waals surface area contributed by atoms with Gasteiger partial charge in [0.25, 0.3) is 5.56 Å². The fourth-order valence-electron chi connectivity index (χ4n) is 5.32. The zero-order valence-corrected chi connectivity index (χ0v) is 20.4. The van der Waals surface area contributed by atoms with Crippen LogP contribution in [0.1, 0.15) is 63.9 Å². The van der Waals surface area contributed by atoms with Crippen molar-refractivity contribution in [3.8, 4) is 33.9 Å². The Kier molecular flexibility index (Phi) is 5.43. The molecule has 0 unspecified atom stereocenters. The molecule has 0 aliphatic heterocycles. The van der Waals surface area contributed by atoms with Gasteiger partial charge in [-0.25, -0.2) is 4.98 Å². The maximum absolute atomic E-state index is 13.3. The van der Waals surface area contributed by atoms with Crippen molar-refractivity contribution in [2.24, 2.45) is 11.3 Å². The van der Waals surface area contributed by atoms with Gasteiger partial charge in [0.1, 0.15) is 6.33 Å². The van der Waals surface area contributed by atoms with Crippen molar-refractivity contribution in [2.75, 3.05) is 0 Å². The van der Waals surface area contributed by atoms with Crippen molar-refractivity contribution in [1.82, 2.24) is 29.9 Å². The monoisotopic (exact) mass is 468 g/mol. The highest BCUT2D eigenvalue weighted by atomic mass is 16.1. The lowest BCUT2D eigenvalue weighted by atomic mass is 9.71. The summed E-state index contributed by atoms with van der Waals surface area (Å²) in [5, 5.41) is 11.6. The molecule has 1 aromatic carbocycles. The van der Waals surface area contributed by atoms with E-state index in [1.54, 1.807) is 0 Å². The number of hydrogen-bond acceptors (Lipinski definition) is 4. The van der Waals surface area contributed by atoms with E-state index in [4.69, 9.17) is 5.10 Å². The van der Waals surface area contributed by atoms with Gasteiger partial charge in [0.15, 0.2) is 5.82 Å². The molecule has 3 heterocycles. The average molecular weight is 469 g/mol. The molecule has 2 N–H and O–H groups in total. The molecule has 2 saturated carbocycles. The molecule has 0 atom stereocenters. The first-order valence-corrected chi connectivity index (χ1v) is 12.7. The van der Waals surface area contributed by atoms with Gasteiger partial charge in [-0.1, -0.05) is 38.1 Å². The number of nitrogens with one attached hydrogen (secondary N) is 2. The number of rotatable bonds is 6. The summed E-state index contributed by atoms with van der Waals surface area (Å²) in [6, 6.07) is 12.7. The van der Waals surface area contributed by atoms with Crippen LogP contribution >= 0.6 is 0 Å². The van der Waals surface area contributed by atoms with Crippen molar-refractivity contribution in [3.63, 3.8) is 0 Å². The standard InChI is InChI=1S/C28H32N6O/c1-28(2)12-9-20(10-13-28)19-5-7-21(8-6-19)24-15-22(23-11-14-34(33-23)16-18-3-4-18)25(27(35)31-24)26-29-17-30-32-26/h5-8,11,14-15,17-18,20H,3-4,9-10,12-13,16H2,1-2H3,(H,31,35)(H,29,30,32). The van der Waals surface area contributed by atoms with Gasteiger partial charge in [0.2, 0.25) is 0 Å². The van der Waals surface area contributed by atoms with E-state index in [2.05, 4.69) is 58.3 Å². The van der Waals surface area contributed by atoms with Crippen LogP contribution in [0.5, 0.6) is 0 Å². The zero-order valence-electron chi connectivity index (χ0n) is 20.4. The minimum Gasteiger partial charge on any atom is -0.321 e. The molecule has 0 amide bonds. The van der Waals surface area contributed by atoms with Crippen LogP contribution in [0.15, 0.2) is 53.7 Å². The Morgan fingerprint density at radius 2 is 1.83 bits per heavy atom. The number of pyridine rings is 1. The maximum Gasteiger partial charge on any atom is 0.260 e. The van der Waals surface area contributed by atoms with Crippen molar-refractivity contribution in [3.05, 3.63) is 64.8 Å². The molecule has 180 valence electrons. The summed E-state index contributed by atoms with van der Waals surface area (Å²) in [5.74, 6) is 1.79. The fourth-order valence-corrected chi connectivity index (χ4v) is 5.32. The van der Waals surface area contributed by atoms with E-state index in [-0.39, 0.29) is 5.56 Å². The van der Waals surface area contributed by atoms with Crippen LogP contribution < -0.4 is 5.56 Å². The van der Waals surface area contributed by atoms with E-state index in [1.807, 2.05) is 23.0 Å².